The van der Waals surface area contributed by atoms with Crippen LogP contribution in [0.4, 0.5) is 0 Å². The predicted molar refractivity (Wildman–Crippen MR) is 68.3 cm³/mol. The second-order valence-corrected chi connectivity index (χ2v) is 4.66. The highest BCUT2D eigenvalue weighted by Gasteiger charge is 2.17. The number of halogens is 1. The summed E-state index contributed by atoms with van der Waals surface area (Å²) in [6.45, 7) is 4.30. The van der Waals surface area contributed by atoms with Gasteiger partial charge in [-0.3, -0.25) is 4.79 Å². The number of hydrogen-bond acceptors (Lipinski definition) is 3. The van der Waals surface area contributed by atoms with Crippen LogP contribution < -0.4 is 11.1 Å². The van der Waals surface area contributed by atoms with E-state index in [0.29, 0.717) is 11.6 Å². The number of benzene rings is 1. The smallest absolute Gasteiger partial charge is 0.255 e. The summed E-state index contributed by atoms with van der Waals surface area (Å²) in [5, 5.41) is 12.8. The Morgan fingerprint density at radius 3 is 2.65 bits per heavy atom. The number of phenols is 1. The minimum Gasteiger partial charge on any atom is -0.507 e. The van der Waals surface area contributed by atoms with Crippen molar-refractivity contribution in [3.63, 3.8) is 0 Å². The molecule has 1 atom stereocenters. The van der Waals surface area contributed by atoms with Crippen molar-refractivity contribution in [2.75, 3.05) is 6.54 Å². The highest BCUT2D eigenvalue weighted by molar-refractivity contribution is 6.30. The number of hydrogen-bond donors (Lipinski definition) is 3. The Kier molecular flexibility index (Phi) is 4.78. The molecule has 1 rings (SSSR count). The second-order valence-electron chi connectivity index (χ2n) is 4.22. The first-order chi connectivity index (χ1) is 7.95. The fourth-order valence-corrected chi connectivity index (χ4v) is 1.61. The molecule has 0 heterocycles. The van der Waals surface area contributed by atoms with Gasteiger partial charge in [0, 0.05) is 17.6 Å². The minimum absolute atomic E-state index is 0.113. The molecule has 0 radical (unpaired) electrons. The van der Waals surface area contributed by atoms with Gasteiger partial charge in [0.05, 0.1) is 5.56 Å². The zero-order chi connectivity index (χ0) is 13.0. The third-order valence-corrected chi connectivity index (χ3v) is 2.81. The third kappa shape index (κ3) is 3.61. The highest BCUT2D eigenvalue weighted by Crippen LogP contribution is 2.21. The van der Waals surface area contributed by atoms with Crippen molar-refractivity contribution < 1.29 is 9.90 Å². The third-order valence-electron chi connectivity index (χ3n) is 2.58. The van der Waals surface area contributed by atoms with Gasteiger partial charge < -0.3 is 16.2 Å². The van der Waals surface area contributed by atoms with E-state index in [0.717, 1.165) is 0 Å². The topological polar surface area (TPSA) is 75.3 Å². The lowest BCUT2D eigenvalue weighted by Crippen LogP contribution is -2.43. The van der Waals surface area contributed by atoms with Crippen LogP contribution in [0, 0.1) is 5.92 Å². The van der Waals surface area contributed by atoms with Gasteiger partial charge in [-0.15, -0.1) is 0 Å². The summed E-state index contributed by atoms with van der Waals surface area (Å²) < 4.78 is 0. The first-order valence-electron chi connectivity index (χ1n) is 5.45. The van der Waals surface area contributed by atoms with Gasteiger partial charge in [0.15, 0.2) is 0 Å². The maximum absolute atomic E-state index is 11.9. The summed E-state index contributed by atoms with van der Waals surface area (Å²) in [6.07, 6.45) is 0. The number of amides is 1. The molecule has 94 valence electrons. The van der Waals surface area contributed by atoms with Crippen molar-refractivity contribution in [1.29, 1.82) is 0 Å². The predicted octanol–water partition coefficient (Wildman–Crippen LogP) is 1.76. The summed E-state index contributed by atoms with van der Waals surface area (Å²) in [4.78, 5) is 11.9. The van der Waals surface area contributed by atoms with E-state index in [4.69, 9.17) is 17.3 Å². The first-order valence-corrected chi connectivity index (χ1v) is 5.83. The number of aromatic hydroxyl groups is 1. The van der Waals surface area contributed by atoms with Gasteiger partial charge in [0.2, 0.25) is 0 Å². The lowest BCUT2D eigenvalue weighted by atomic mass is 10.0. The van der Waals surface area contributed by atoms with E-state index >= 15 is 0 Å². The van der Waals surface area contributed by atoms with E-state index in [2.05, 4.69) is 5.32 Å². The molecule has 0 saturated heterocycles. The first kappa shape index (κ1) is 13.8. The maximum Gasteiger partial charge on any atom is 0.255 e. The van der Waals surface area contributed by atoms with E-state index in [-0.39, 0.29) is 29.2 Å². The molecule has 17 heavy (non-hydrogen) atoms. The monoisotopic (exact) mass is 256 g/mol. The SMILES string of the molecule is CC(C)C(CN)NC(=O)c1ccc(Cl)cc1O. The van der Waals surface area contributed by atoms with Gasteiger partial charge in [-0.1, -0.05) is 25.4 Å². The Labute approximate surface area is 106 Å². The molecule has 4 nitrogen and oxygen atoms in total. The van der Waals surface area contributed by atoms with E-state index in [9.17, 15) is 9.90 Å². The van der Waals surface area contributed by atoms with Crippen LogP contribution >= 0.6 is 11.6 Å². The molecule has 0 spiro atoms. The lowest BCUT2D eigenvalue weighted by molar-refractivity contribution is 0.0925. The molecular weight excluding hydrogens is 240 g/mol. The summed E-state index contributed by atoms with van der Waals surface area (Å²) in [5.41, 5.74) is 5.77. The Morgan fingerprint density at radius 2 is 2.18 bits per heavy atom. The summed E-state index contributed by atoms with van der Waals surface area (Å²) in [5.74, 6) is -0.240. The minimum atomic E-state index is -0.344. The molecule has 1 aromatic rings. The average Bonchev–Trinajstić information content (AvgIpc) is 2.24. The van der Waals surface area contributed by atoms with Crippen LogP contribution in [0.25, 0.3) is 0 Å². The molecule has 0 aromatic heterocycles. The molecule has 1 aromatic carbocycles. The van der Waals surface area contributed by atoms with Gasteiger partial charge in [-0.05, 0) is 24.1 Å². The van der Waals surface area contributed by atoms with Gasteiger partial charge in [-0.2, -0.15) is 0 Å². The molecular formula is C12H17ClN2O2. The zero-order valence-corrected chi connectivity index (χ0v) is 10.7. The van der Waals surface area contributed by atoms with Gasteiger partial charge in [0.25, 0.3) is 5.91 Å². The Bertz CT molecular complexity index is 407. The number of carbonyl (C=O) groups excluding carboxylic acids is 1. The molecule has 4 N–H and O–H groups in total. The van der Waals surface area contributed by atoms with Gasteiger partial charge in [0.1, 0.15) is 5.75 Å². The van der Waals surface area contributed by atoms with Crippen LogP contribution in [0.5, 0.6) is 5.75 Å². The van der Waals surface area contributed by atoms with E-state index in [1.807, 2.05) is 13.8 Å². The molecule has 0 aliphatic heterocycles. The zero-order valence-electron chi connectivity index (χ0n) is 9.90. The molecule has 1 unspecified atom stereocenters. The molecule has 0 bridgehead atoms. The van der Waals surface area contributed by atoms with Crippen molar-refractivity contribution in [3.05, 3.63) is 28.8 Å². The van der Waals surface area contributed by atoms with Crippen molar-refractivity contribution in [1.82, 2.24) is 5.32 Å². The summed E-state index contributed by atoms with van der Waals surface area (Å²) >= 11 is 5.69. The van der Waals surface area contributed by atoms with Crippen LogP contribution in [0.3, 0.4) is 0 Å². The quantitative estimate of drug-likeness (QED) is 0.768. The van der Waals surface area contributed by atoms with Crippen molar-refractivity contribution in [2.45, 2.75) is 19.9 Å². The van der Waals surface area contributed by atoms with Crippen molar-refractivity contribution in [2.24, 2.45) is 11.7 Å². The number of carbonyl (C=O) groups is 1. The lowest BCUT2D eigenvalue weighted by Gasteiger charge is -2.20. The fraction of sp³-hybridized carbons (Fsp3) is 0.417. The van der Waals surface area contributed by atoms with E-state index in [1.54, 1.807) is 6.07 Å². The van der Waals surface area contributed by atoms with Crippen LogP contribution in [-0.4, -0.2) is 23.6 Å². The van der Waals surface area contributed by atoms with E-state index in [1.165, 1.54) is 12.1 Å². The second kappa shape index (κ2) is 5.89. The van der Waals surface area contributed by atoms with Crippen LogP contribution in [0.1, 0.15) is 24.2 Å². The van der Waals surface area contributed by atoms with Gasteiger partial charge >= 0.3 is 0 Å². The van der Waals surface area contributed by atoms with Crippen LogP contribution in [-0.2, 0) is 0 Å². The number of nitrogens with one attached hydrogen (secondary N) is 1. The molecule has 0 fully saturated rings. The molecule has 5 heteroatoms. The Balaban J connectivity index is 2.82. The number of rotatable bonds is 4. The average molecular weight is 257 g/mol. The van der Waals surface area contributed by atoms with Crippen molar-refractivity contribution >= 4 is 17.5 Å². The Morgan fingerprint density at radius 1 is 1.53 bits per heavy atom. The normalized spacial score (nSPS) is 12.5. The molecule has 0 aliphatic carbocycles. The summed E-state index contributed by atoms with van der Waals surface area (Å²) in [7, 11) is 0. The summed E-state index contributed by atoms with van der Waals surface area (Å²) in [6, 6.07) is 4.27. The van der Waals surface area contributed by atoms with Crippen molar-refractivity contribution in [3.8, 4) is 5.75 Å². The molecule has 0 saturated carbocycles. The molecule has 0 aliphatic rings. The largest absolute Gasteiger partial charge is 0.507 e. The standard InChI is InChI=1S/C12H17ClN2O2/c1-7(2)10(6-14)15-12(17)9-4-3-8(13)5-11(9)16/h3-5,7,10,16H,6,14H2,1-2H3,(H,15,17). The molecule has 1 amide bonds. The van der Waals surface area contributed by atoms with Crippen LogP contribution in [0.2, 0.25) is 5.02 Å². The number of nitrogens with two attached hydrogens (primary N) is 1. The van der Waals surface area contributed by atoms with E-state index < -0.39 is 0 Å². The highest BCUT2D eigenvalue weighted by atomic mass is 35.5. The Hall–Kier alpha value is -1.26. The van der Waals surface area contributed by atoms with Gasteiger partial charge in [-0.25, -0.2) is 0 Å². The maximum atomic E-state index is 11.9. The fourth-order valence-electron chi connectivity index (χ4n) is 1.44. The number of phenolic OH excluding ortho intramolecular Hbond substituents is 1. The van der Waals surface area contributed by atoms with Crippen LogP contribution in [0.15, 0.2) is 18.2 Å².